The van der Waals surface area contributed by atoms with Gasteiger partial charge in [-0.1, -0.05) is 11.6 Å². The number of imidazole rings is 1. The van der Waals surface area contributed by atoms with Gasteiger partial charge in [0.2, 0.25) is 0 Å². The van der Waals surface area contributed by atoms with Crippen molar-refractivity contribution in [1.29, 1.82) is 0 Å². The second-order valence-corrected chi connectivity index (χ2v) is 3.11. The molecule has 0 aliphatic carbocycles. The van der Waals surface area contributed by atoms with Crippen LogP contribution in [0.2, 0.25) is 5.02 Å². The Bertz CT molecular complexity index is 522. The highest BCUT2D eigenvalue weighted by atomic mass is 35.5. The molecular formula is C7H5ClN4O2. The van der Waals surface area contributed by atoms with Crippen molar-refractivity contribution in [2.45, 2.75) is 6.92 Å². The Labute approximate surface area is 83.1 Å². The molecule has 0 radical (unpaired) electrons. The predicted octanol–water partition coefficient (Wildman–Crippen LogP) is 1.83. The maximum atomic E-state index is 10.5. The van der Waals surface area contributed by atoms with Crippen LogP contribution in [0.4, 0.5) is 5.69 Å². The van der Waals surface area contributed by atoms with E-state index in [0.717, 1.165) is 6.20 Å². The minimum absolute atomic E-state index is 0.0422. The van der Waals surface area contributed by atoms with Crippen molar-refractivity contribution >= 4 is 28.5 Å². The van der Waals surface area contributed by atoms with Crippen LogP contribution >= 0.6 is 11.6 Å². The minimum Gasteiger partial charge on any atom is -0.339 e. The fourth-order valence-electron chi connectivity index (χ4n) is 1.16. The van der Waals surface area contributed by atoms with Gasteiger partial charge in [0.1, 0.15) is 22.6 Å². The molecule has 0 bridgehead atoms. The van der Waals surface area contributed by atoms with E-state index in [1.54, 1.807) is 6.92 Å². The molecule has 0 spiro atoms. The first kappa shape index (κ1) is 8.89. The number of nitro groups is 1. The van der Waals surface area contributed by atoms with Gasteiger partial charge in [0.15, 0.2) is 5.65 Å². The number of rotatable bonds is 1. The van der Waals surface area contributed by atoms with Gasteiger partial charge in [0, 0.05) is 0 Å². The van der Waals surface area contributed by atoms with E-state index >= 15 is 0 Å². The van der Waals surface area contributed by atoms with Gasteiger partial charge in [-0.3, -0.25) is 10.1 Å². The lowest BCUT2D eigenvalue weighted by atomic mass is 10.4. The van der Waals surface area contributed by atoms with Crippen LogP contribution in [0.5, 0.6) is 0 Å². The Hall–Kier alpha value is -1.69. The molecule has 0 atom stereocenters. The van der Waals surface area contributed by atoms with Gasteiger partial charge in [-0.2, -0.15) is 0 Å². The second-order valence-electron chi connectivity index (χ2n) is 2.74. The molecule has 2 rings (SSSR count). The summed E-state index contributed by atoms with van der Waals surface area (Å²) in [6, 6.07) is 0. The van der Waals surface area contributed by atoms with Crippen molar-refractivity contribution in [3.05, 3.63) is 27.2 Å². The van der Waals surface area contributed by atoms with E-state index in [1.165, 1.54) is 0 Å². The summed E-state index contributed by atoms with van der Waals surface area (Å²) >= 11 is 5.80. The molecule has 1 N–H and O–H groups in total. The van der Waals surface area contributed by atoms with Crippen LogP contribution in [-0.4, -0.2) is 19.9 Å². The van der Waals surface area contributed by atoms with Crippen molar-refractivity contribution in [3.8, 4) is 0 Å². The summed E-state index contributed by atoms with van der Waals surface area (Å²) < 4.78 is 0. The van der Waals surface area contributed by atoms with Gasteiger partial charge in [0.05, 0.1) is 4.92 Å². The number of halogens is 1. The zero-order valence-corrected chi connectivity index (χ0v) is 7.87. The lowest BCUT2D eigenvalue weighted by Crippen LogP contribution is -1.91. The van der Waals surface area contributed by atoms with Crippen LogP contribution in [-0.2, 0) is 0 Å². The molecule has 0 fully saturated rings. The largest absolute Gasteiger partial charge is 0.339 e. The van der Waals surface area contributed by atoms with Gasteiger partial charge in [-0.25, -0.2) is 9.97 Å². The molecule has 14 heavy (non-hydrogen) atoms. The molecule has 2 aromatic rings. The van der Waals surface area contributed by atoms with Crippen molar-refractivity contribution in [3.63, 3.8) is 0 Å². The lowest BCUT2D eigenvalue weighted by Gasteiger charge is -1.94. The number of H-pyrrole nitrogens is 1. The maximum absolute atomic E-state index is 10.5. The number of nitrogens with zero attached hydrogens (tertiary/aromatic N) is 3. The average molecular weight is 213 g/mol. The fourth-order valence-corrected chi connectivity index (χ4v) is 1.41. The normalized spacial score (nSPS) is 10.7. The lowest BCUT2D eigenvalue weighted by molar-refractivity contribution is -0.384. The van der Waals surface area contributed by atoms with Crippen molar-refractivity contribution in [1.82, 2.24) is 15.0 Å². The van der Waals surface area contributed by atoms with Gasteiger partial charge in [-0.05, 0) is 6.92 Å². The van der Waals surface area contributed by atoms with Crippen molar-refractivity contribution in [2.24, 2.45) is 0 Å². The monoisotopic (exact) mass is 212 g/mol. The zero-order chi connectivity index (χ0) is 10.3. The number of aromatic amines is 1. The van der Waals surface area contributed by atoms with Crippen molar-refractivity contribution in [2.75, 3.05) is 0 Å². The molecule has 0 saturated carbocycles. The number of nitrogens with one attached hydrogen (secondary N) is 1. The number of aromatic nitrogens is 3. The van der Waals surface area contributed by atoms with E-state index in [2.05, 4.69) is 15.0 Å². The number of hydrogen-bond donors (Lipinski definition) is 1. The molecule has 2 heterocycles. The molecule has 72 valence electrons. The Morgan fingerprint density at radius 1 is 1.64 bits per heavy atom. The molecular weight excluding hydrogens is 208 g/mol. The van der Waals surface area contributed by atoms with Crippen LogP contribution in [0.1, 0.15) is 5.82 Å². The van der Waals surface area contributed by atoms with Crippen LogP contribution in [0.15, 0.2) is 6.20 Å². The summed E-state index contributed by atoms with van der Waals surface area (Å²) in [7, 11) is 0. The molecule has 0 amide bonds. The summed E-state index contributed by atoms with van der Waals surface area (Å²) in [5, 5.41) is 10.6. The predicted molar refractivity (Wildman–Crippen MR) is 50.3 cm³/mol. The van der Waals surface area contributed by atoms with E-state index in [4.69, 9.17) is 11.6 Å². The van der Waals surface area contributed by atoms with E-state index in [0.29, 0.717) is 17.0 Å². The van der Waals surface area contributed by atoms with E-state index in [1.807, 2.05) is 0 Å². The Morgan fingerprint density at radius 3 is 3.00 bits per heavy atom. The van der Waals surface area contributed by atoms with E-state index in [-0.39, 0.29) is 10.7 Å². The first-order valence-electron chi connectivity index (χ1n) is 3.75. The van der Waals surface area contributed by atoms with E-state index in [9.17, 15) is 10.1 Å². The summed E-state index contributed by atoms with van der Waals surface area (Å²) in [6.07, 6.45) is 1.10. The van der Waals surface area contributed by atoms with Crippen LogP contribution in [0.3, 0.4) is 0 Å². The smallest absolute Gasteiger partial charge is 0.308 e. The average Bonchev–Trinajstić information content (AvgIpc) is 2.46. The highest BCUT2D eigenvalue weighted by Crippen LogP contribution is 2.29. The third-order valence-electron chi connectivity index (χ3n) is 1.75. The zero-order valence-electron chi connectivity index (χ0n) is 7.11. The SMILES string of the molecule is Cc1nc2ncc([N+](=O)[O-])c(Cl)c2[nH]1. The Kier molecular flexibility index (Phi) is 1.85. The minimum atomic E-state index is -0.578. The molecule has 0 saturated heterocycles. The van der Waals surface area contributed by atoms with Gasteiger partial charge in [0.25, 0.3) is 0 Å². The molecule has 7 heteroatoms. The molecule has 6 nitrogen and oxygen atoms in total. The highest BCUT2D eigenvalue weighted by Gasteiger charge is 2.17. The molecule has 2 aromatic heterocycles. The van der Waals surface area contributed by atoms with Crippen LogP contribution < -0.4 is 0 Å². The van der Waals surface area contributed by atoms with Crippen molar-refractivity contribution < 1.29 is 4.92 Å². The summed E-state index contributed by atoms with van der Waals surface area (Å²) in [5.41, 5.74) is 0.569. The number of hydrogen-bond acceptors (Lipinski definition) is 4. The van der Waals surface area contributed by atoms with Gasteiger partial charge < -0.3 is 4.98 Å². The Balaban J connectivity index is 2.80. The molecule has 0 aliphatic rings. The first-order valence-corrected chi connectivity index (χ1v) is 4.12. The third kappa shape index (κ3) is 1.20. The number of fused-ring (bicyclic) bond motifs is 1. The summed E-state index contributed by atoms with van der Waals surface area (Å²) in [6.45, 7) is 1.73. The van der Waals surface area contributed by atoms with Crippen LogP contribution in [0, 0.1) is 17.0 Å². The molecule has 0 aromatic carbocycles. The topological polar surface area (TPSA) is 84.7 Å². The second kappa shape index (κ2) is 2.91. The maximum Gasteiger partial charge on any atom is 0.308 e. The summed E-state index contributed by atoms with van der Waals surface area (Å²) in [5.74, 6) is 0.620. The van der Waals surface area contributed by atoms with Gasteiger partial charge >= 0.3 is 5.69 Å². The summed E-state index contributed by atoms with van der Waals surface area (Å²) in [4.78, 5) is 20.6. The third-order valence-corrected chi connectivity index (χ3v) is 2.14. The standard InChI is InChI=1S/C7H5ClN4O2/c1-3-10-6-5(8)4(12(13)14)2-9-7(6)11-3/h2H,1H3,(H,9,10,11). The van der Waals surface area contributed by atoms with Crippen LogP contribution in [0.25, 0.3) is 11.2 Å². The quantitative estimate of drug-likeness (QED) is 0.577. The molecule has 0 unspecified atom stereocenters. The van der Waals surface area contributed by atoms with Gasteiger partial charge in [-0.15, -0.1) is 0 Å². The fraction of sp³-hybridized carbons (Fsp3) is 0.143. The highest BCUT2D eigenvalue weighted by molar-refractivity contribution is 6.36. The van der Waals surface area contributed by atoms with E-state index < -0.39 is 4.92 Å². The first-order chi connectivity index (χ1) is 6.59. The number of aryl methyl sites for hydroxylation is 1. The molecule has 0 aliphatic heterocycles. The number of pyridine rings is 1. The Morgan fingerprint density at radius 2 is 2.36 bits per heavy atom.